The summed E-state index contributed by atoms with van der Waals surface area (Å²) in [5.74, 6) is -2.47. The van der Waals surface area contributed by atoms with Gasteiger partial charge in [0, 0.05) is 19.3 Å². The van der Waals surface area contributed by atoms with E-state index >= 15 is 0 Å². The number of hydrogen-bond acceptors (Lipinski definition) is 15. The van der Waals surface area contributed by atoms with Crippen LogP contribution in [0.1, 0.15) is 285 Å². The Morgan fingerprint density at radius 2 is 0.537 bits per heavy atom. The van der Waals surface area contributed by atoms with E-state index in [1.807, 2.05) is 36.5 Å². The Balaban J connectivity index is 5.55. The van der Waals surface area contributed by atoms with Crippen molar-refractivity contribution in [2.75, 3.05) is 39.6 Å². The molecule has 5 atom stereocenters. The van der Waals surface area contributed by atoms with Crippen LogP contribution in [0.25, 0.3) is 0 Å². The van der Waals surface area contributed by atoms with Gasteiger partial charge in [-0.3, -0.25) is 37.3 Å². The molecule has 0 amide bonds. The van der Waals surface area contributed by atoms with Crippen LogP contribution in [-0.4, -0.2) is 96.7 Å². The molecule has 0 saturated heterocycles. The molecule has 3 N–H and O–H groups in total. The average Bonchev–Trinajstić information content (AvgIpc) is 0.896. The first-order chi connectivity index (χ1) is 52.7. The summed E-state index contributed by atoms with van der Waals surface area (Å²) in [4.78, 5) is 73.0. The highest BCUT2D eigenvalue weighted by atomic mass is 31.2. The minimum Gasteiger partial charge on any atom is -0.462 e. The van der Waals surface area contributed by atoms with Gasteiger partial charge in [-0.1, -0.05) is 318 Å². The Labute approximate surface area is 653 Å². The Morgan fingerprint density at radius 1 is 0.278 bits per heavy atom. The van der Waals surface area contributed by atoms with E-state index in [9.17, 15) is 43.2 Å². The lowest BCUT2D eigenvalue weighted by Crippen LogP contribution is -2.30. The van der Waals surface area contributed by atoms with Crippen LogP contribution < -0.4 is 0 Å². The number of carbonyl (C=O) groups excluding carboxylic acids is 4. The molecule has 17 nitrogen and oxygen atoms in total. The zero-order valence-electron chi connectivity index (χ0n) is 66.7. The van der Waals surface area contributed by atoms with Crippen LogP contribution in [0.5, 0.6) is 0 Å². The molecule has 108 heavy (non-hydrogen) atoms. The first-order valence-electron chi connectivity index (χ1n) is 40.7. The first kappa shape index (κ1) is 102. The van der Waals surface area contributed by atoms with E-state index in [1.54, 1.807) is 6.08 Å². The minimum atomic E-state index is -5.02. The number of allylic oxidation sites excluding steroid dienone is 31. The fourth-order valence-corrected chi connectivity index (χ4v) is 11.6. The van der Waals surface area contributed by atoms with Gasteiger partial charge in [0.05, 0.1) is 32.8 Å². The van der Waals surface area contributed by atoms with Crippen molar-refractivity contribution in [2.45, 2.75) is 303 Å². The van der Waals surface area contributed by atoms with Crippen molar-refractivity contribution in [3.63, 3.8) is 0 Å². The second kappa shape index (κ2) is 79.0. The van der Waals surface area contributed by atoms with E-state index in [0.717, 1.165) is 135 Å². The molecule has 0 aromatic rings. The fourth-order valence-electron chi connectivity index (χ4n) is 10.1. The number of aliphatic hydroxyl groups is 1. The van der Waals surface area contributed by atoms with Gasteiger partial charge in [-0.15, -0.1) is 0 Å². The molecule has 0 bridgehead atoms. The van der Waals surface area contributed by atoms with Gasteiger partial charge in [0.2, 0.25) is 0 Å². The van der Waals surface area contributed by atoms with Crippen LogP contribution in [0.2, 0.25) is 0 Å². The van der Waals surface area contributed by atoms with Crippen molar-refractivity contribution in [3.8, 4) is 0 Å². The van der Waals surface area contributed by atoms with Crippen LogP contribution in [0, 0.1) is 0 Å². The standard InChI is InChI=1S/C89H142O17P2/c1-5-9-13-17-21-25-29-33-37-39-41-43-47-50-54-58-62-66-70-74-87(92)100-80-85(106-89(94)76-72-68-64-60-56-52-48-44-42-40-38-34-30-26-22-18-14-10-6-2)82-104-108(97,98)102-78-83(90)77-101-107(95,96)103-81-84(105-88(93)75-71-67-63-59-55-51-46-36-32-28-24-20-16-12-8-4)79-99-86(91)73-69-65-61-57-53-49-45-35-31-27-23-19-15-11-7-3/h9-11,13-15,21-23,25-27,33-35,37-38,41-45,50,52-54,56-57,62,65-66,69,83-85,90H,5-8,12,16-20,24,28-32,36,39-40,46-49,51,55,58-61,63-64,67-68,70-82H2,1-4H3,(H,95,96)(H,97,98)/b13-9-,14-10-,15-11-,25-21-,26-22-,27-23-,37-33-,38-34-,43-41-,44-42-,45-35-,54-50-,56-52-,57-53-,66-62-,69-65-. The molecule has 0 aromatic heterocycles. The van der Waals surface area contributed by atoms with Crippen molar-refractivity contribution in [2.24, 2.45) is 0 Å². The summed E-state index contributed by atoms with van der Waals surface area (Å²) in [6, 6.07) is 0. The summed E-state index contributed by atoms with van der Waals surface area (Å²) in [7, 11) is -10.0. The van der Waals surface area contributed by atoms with Crippen molar-refractivity contribution in [1.29, 1.82) is 0 Å². The first-order valence-corrected chi connectivity index (χ1v) is 43.7. The summed E-state index contributed by atoms with van der Waals surface area (Å²) in [6.07, 6.45) is 97.4. The predicted molar refractivity (Wildman–Crippen MR) is 445 cm³/mol. The molecule has 0 heterocycles. The molecule has 0 radical (unpaired) electrons. The van der Waals surface area contributed by atoms with Crippen LogP contribution in [0.15, 0.2) is 194 Å². The third-order valence-corrected chi connectivity index (χ3v) is 18.0. The van der Waals surface area contributed by atoms with E-state index in [1.165, 1.54) is 64.2 Å². The molecule has 5 unspecified atom stereocenters. The van der Waals surface area contributed by atoms with Gasteiger partial charge in [0.25, 0.3) is 0 Å². The van der Waals surface area contributed by atoms with Crippen molar-refractivity contribution in [1.82, 2.24) is 0 Å². The predicted octanol–water partition coefficient (Wildman–Crippen LogP) is 24.1. The molecular weight excluding hydrogens is 1400 g/mol. The fraction of sp³-hybridized carbons (Fsp3) is 0.596. The number of phosphoric ester groups is 2. The lowest BCUT2D eigenvalue weighted by Gasteiger charge is -2.21. The SMILES string of the molecule is CC/C=C\C/C=C\C/C=C\C/C=C\C/C=C\C/C=C\CCC(=O)OCC(COP(=O)(O)OCC(O)COP(=O)(O)OCC(COC(=O)C/C=C\C/C=C\C/C=C\C/C=C\C/C=C\CC)OC(=O)CCCCCCCCCCCCCCCCC)OC(=O)CCCCC/C=C\C/C=C\C/C=C\C/C=C\C/C=C\CC. The average molecular weight is 1550 g/mol. The summed E-state index contributed by atoms with van der Waals surface area (Å²) in [5, 5.41) is 10.7. The third-order valence-electron chi connectivity index (χ3n) is 16.1. The van der Waals surface area contributed by atoms with E-state index in [4.69, 9.17) is 37.0 Å². The maximum absolute atomic E-state index is 13.1. The zero-order chi connectivity index (χ0) is 78.9. The number of carbonyl (C=O) groups is 4. The van der Waals surface area contributed by atoms with Gasteiger partial charge < -0.3 is 33.8 Å². The third kappa shape index (κ3) is 78.0. The Hall–Kier alpha value is -6.10. The van der Waals surface area contributed by atoms with E-state index < -0.39 is 97.5 Å². The molecule has 0 rings (SSSR count). The lowest BCUT2D eigenvalue weighted by molar-refractivity contribution is -0.161. The number of rotatable bonds is 74. The van der Waals surface area contributed by atoms with Crippen molar-refractivity contribution >= 4 is 39.5 Å². The molecule has 19 heteroatoms. The maximum atomic E-state index is 13.1. The molecule has 0 aliphatic carbocycles. The lowest BCUT2D eigenvalue weighted by atomic mass is 10.0. The molecule has 0 spiro atoms. The Morgan fingerprint density at radius 3 is 0.861 bits per heavy atom. The number of ether oxygens (including phenoxy) is 4. The second-order valence-electron chi connectivity index (χ2n) is 26.2. The molecule has 0 fully saturated rings. The largest absolute Gasteiger partial charge is 0.472 e. The summed E-state index contributed by atoms with van der Waals surface area (Å²) < 4.78 is 68.4. The minimum absolute atomic E-state index is 0.0189. The smallest absolute Gasteiger partial charge is 0.462 e. The highest BCUT2D eigenvalue weighted by Crippen LogP contribution is 2.45. The van der Waals surface area contributed by atoms with Gasteiger partial charge in [-0.2, -0.15) is 0 Å². The zero-order valence-corrected chi connectivity index (χ0v) is 68.5. The highest BCUT2D eigenvalue weighted by molar-refractivity contribution is 7.47. The van der Waals surface area contributed by atoms with Crippen molar-refractivity contribution < 1.29 is 80.2 Å². The molecule has 0 saturated carbocycles. The van der Waals surface area contributed by atoms with Gasteiger partial charge in [0.15, 0.2) is 12.2 Å². The van der Waals surface area contributed by atoms with Crippen LogP contribution >= 0.6 is 15.6 Å². The molecule has 0 aliphatic rings. The topological polar surface area (TPSA) is 237 Å². The Bertz CT molecular complexity index is 2810. The number of unbranched alkanes of at least 4 members (excludes halogenated alkanes) is 17. The summed E-state index contributed by atoms with van der Waals surface area (Å²) >= 11 is 0. The quantitative estimate of drug-likeness (QED) is 0.0169. The number of phosphoric acid groups is 2. The normalized spacial score (nSPS) is 14.8. The van der Waals surface area contributed by atoms with Gasteiger partial charge in [-0.25, -0.2) is 9.13 Å². The number of hydrogen-bond donors (Lipinski definition) is 3. The van der Waals surface area contributed by atoms with E-state index in [0.29, 0.717) is 32.1 Å². The van der Waals surface area contributed by atoms with Crippen molar-refractivity contribution in [3.05, 3.63) is 194 Å². The second-order valence-corrected chi connectivity index (χ2v) is 29.1. The number of esters is 4. The van der Waals surface area contributed by atoms with Gasteiger partial charge in [0.1, 0.15) is 19.3 Å². The highest BCUT2D eigenvalue weighted by Gasteiger charge is 2.30. The summed E-state index contributed by atoms with van der Waals surface area (Å²) in [6.45, 7) is 4.28. The molecule has 0 aromatic carbocycles. The Kier molecular flexibility index (Phi) is 74.5. The van der Waals surface area contributed by atoms with Gasteiger partial charge >= 0.3 is 39.5 Å². The summed E-state index contributed by atoms with van der Waals surface area (Å²) in [5.41, 5.74) is 0. The van der Waals surface area contributed by atoms with E-state index in [2.05, 4.69) is 180 Å². The van der Waals surface area contributed by atoms with Crippen LogP contribution in [0.4, 0.5) is 0 Å². The van der Waals surface area contributed by atoms with Crippen LogP contribution in [0.3, 0.4) is 0 Å². The van der Waals surface area contributed by atoms with Gasteiger partial charge in [-0.05, 0) is 135 Å². The molecule has 610 valence electrons. The monoisotopic (exact) mass is 1540 g/mol. The molecule has 0 aliphatic heterocycles. The maximum Gasteiger partial charge on any atom is 0.472 e. The van der Waals surface area contributed by atoms with E-state index in [-0.39, 0.29) is 25.7 Å². The molecular formula is C89H142O17P2. The van der Waals surface area contributed by atoms with Crippen LogP contribution in [-0.2, 0) is 65.4 Å². The number of aliphatic hydroxyl groups excluding tert-OH is 1.